The molecule has 0 aromatic heterocycles. The summed E-state index contributed by atoms with van der Waals surface area (Å²) in [6.07, 6.45) is 11.9. The fraction of sp³-hybridized carbons (Fsp3) is 0.358. The maximum atomic E-state index is 13.9. The van der Waals surface area contributed by atoms with E-state index in [0.29, 0.717) is 106 Å². The molecule has 16 heteroatoms. The summed E-state index contributed by atoms with van der Waals surface area (Å²) in [6, 6.07) is 34.0. The highest BCUT2D eigenvalue weighted by Gasteiger charge is 2.35. The van der Waals surface area contributed by atoms with Crippen LogP contribution in [0.25, 0.3) is 0 Å². The molecule has 2 aliphatic carbocycles. The lowest BCUT2D eigenvalue weighted by atomic mass is 9.82. The molecule has 0 bridgehead atoms. The third-order valence-electron chi connectivity index (χ3n) is 14.1. The van der Waals surface area contributed by atoms with Crippen LogP contribution >= 0.6 is 0 Å². The number of para-hydroxylation sites is 1. The van der Waals surface area contributed by atoms with Crippen LogP contribution in [0.1, 0.15) is 124 Å². The molecule has 0 N–H and O–H groups in total. The van der Waals surface area contributed by atoms with Crippen LogP contribution in [0, 0.1) is 35.5 Å². The first-order chi connectivity index (χ1) is 40.4. The van der Waals surface area contributed by atoms with Crippen LogP contribution in [0.3, 0.4) is 0 Å². The van der Waals surface area contributed by atoms with Crippen molar-refractivity contribution in [2.24, 2.45) is 23.7 Å². The molecule has 5 aromatic rings. The Bertz CT molecular complexity index is 2880. The van der Waals surface area contributed by atoms with Crippen LogP contribution in [-0.4, -0.2) is 68.2 Å². The van der Waals surface area contributed by atoms with Crippen molar-refractivity contribution in [3.8, 4) is 52.1 Å². The predicted octanol–water partition coefficient (Wildman–Crippen LogP) is 12.3. The summed E-state index contributed by atoms with van der Waals surface area (Å²) in [4.78, 5) is 90.4. The second-order valence-electron chi connectivity index (χ2n) is 20.2. The van der Waals surface area contributed by atoms with Gasteiger partial charge in [0.1, 0.15) is 23.0 Å². The van der Waals surface area contributed by atoms with Crippen LogP contribution in [0.15, 0.2) is 147 Å². The zero-order chi connectivity index (χ0) is 58.6. The number of unbranched alkanes of at least 4 members (excludes halogenated alkanes) is 6. The minimum absolute atomic E-state index is 0.139. The second-order valence-corrected chi connectivity index (χ2v) is 20.2. The van der Waals surface area contributed by atoms with Gasteiger partial charge in [-0.2, -0.15) is 0 Å². The number of rotatable bonds is 28. The van der Waals surface area contributed by atoms with Crippen molar-refractivity contribution in [3.63, 3.8) is 0 Å². The van der Waals surface area contributed by atoms with Gasteiger partial charge in [-0.25, -0.2) is 14.4 Å². The van der Waals surface area contributed by atoms with E-state index in [2.05, 4.69) is 25.0 Å². The number of ether oxygens (including phenoxy) is 9. The van der Waals surface area contributed by atoms with Crippen LogP contribution in [0.5, 0.6) is 40.2 Å². The van der Waals surface area contributed by atoms with Crippen molar-refractivity contribution in [2.75, 3.05) is 26.4 Å². The van der Waals surface area contributed by atoms with Crippen LogP contribution < -0.4 is 33.2 Å². The standard InChI is InChI=1S/C67H70O16/c1-3-60(68)77-45-14-7-5-12-43-75-54-35-39-56(40-36-54)79-63(70)50-27-31-52(32-28-50)65(72)81-58-19-16-20-59(62(58)83-67(74)49-25-23-48(24-26-49)22-21-47-17-10-9-11-18-47)82-66(73)53-33-29-51(30-34-53)64(71)80-57-41-37-55(38-42-57)76-44-13-6-8-15-46-78-61(69)4-2/h3-4,9-11,16-20,23-26,35-42,50-53H,1-2,5-8,12-15,27-34,43-46H2. The predicted molar refractivity (Wildman–Crippen MR) is 307 cm³/mol. The van der Waals surface area contributed by atoms with Gasteiger partial charge in [0.15, 0.2) is 11.5 Å². The minimum Gasteiger partial charge on any atom is -0.494 e. The molecule has 0 saturated heterocycles. The van der Waals surface area contributed by atoms with Crippen molar-refractivity contribution >= 4 is 41.8 Å². The van der Waals surface area contributed by atoms with Crippen molar-refractivity contribution < 1.29 is 76.2 Å². The smallest absolute Gasteiger partial charge is 0.343 e. The van der Waals surface area contributed by atoms with E-state index < -0.39 is 65.5 Å². The first-order valence-electron chi connectivity index (χ1n) is 28.4. The molecule has 5 aromatic carbocycles. The van der Waals surface area contributed by atoms with Crippen LogP contribution in [0.2, 0.25) is 0 Å². The van der Waals surface area contributed by atoms with Gasteiger partial charge in [0.2, 0.25) is 5.75 Å². The SMILES string of the molecule is C=CC(=O)OCCCCCCOc1ccc(OC(=O)C2CCC(C(=O)Oc3cccc(OC(=O)C4CCC(C(=O)Oc5ccc(OCCCCCCOC(=O)C=C)cc5)CC4)c3OC(=O)c3ccc(C#Cc4ccccc4)cc3)CC2)cc1. The molecular formula is C67H70O16. The van der Waals surface area contributed by atoms with Crippen LogP contribution in [0.4, 0.5) is 0 Å². The molecule has 0 unspecified atom stereocenters. The Labute approximate surface area is 484 Å². The number of benzene rings is 5. The van der Waals surface area contributed by atoms with E-state index in [-0.39, 0.29) is 22.8 Å². The van der Waals surface area contributed by atoms with E-state index in [1.165, 1.54) is 18.2 Å². The Morgan fingerprint density at radius 1 is 0.386 bits per heavy atom. The summed E-state index contributed by atoms with van der Waals surface area (Å²) in [5, 5.41) is 0. The maximum absolute atomic E-state index is 13.9. The quantitative estimate of drug-likeness (QED) is 0.0150. The van der Waals surface area contributed by atoms with E-state index in [9.17, 15) is 33.6 Å². The molecule has 2 aliphatic rings. The van der Waals surface area contributed by atoms with Gasteiger partial charge in [-0.15, -0.1) is 0 Å². The first-order valence-corrected chi connectivity index (χ1v) is 28.4. The summed E-state index contributed by atoms with van der Waals surface area (Å²) in [7, 11) is 0. The molecule has 0 spiro atoms. The Hall–Kier alpha value is -8.97. The number of carbonyl (C=O) groups excluding carboxylic acids is 7. The van der Waals surface area contributed by atoms with Gasteiger partial charge in [0, 0.05) is 23.3 Å². The molecule has 7 rings (SSSR count). The molecule has 0 amide bonds. The molecule has 0 aliphatic heterocycles. The van der Waals surface area contributed by atoms with Gasteiger partial charge in [0.25, 0.3) is 0 Å². The number of hydrogen-bond donors (Lipinski definition) is 0. The zero-order valence-electron chi connectivity index (χ0n) is 46.6. The summed E-state index contributed by atoms with van der Waals surface area (Å²) in [6.45, 7) is 8.50. The molecule has 16 nitrogen and oxygen atoms in total. The van der Waals surface area contributed by atoms with E-state index in [1.54, 1.807) is 72.8 Å². The summed E-state index contributed by atoms with van der Waals surface area (Å²) >= 11 is 0. The second kappa shape index (κ2) is 33.1. The lowest BCUT2D eigenvalue weighted by Gasteiger charge is -2.26. The van der Waals surface area contributed by atoms with E-state index in [4.69, 9.17) is 42.6 Å². The highest BCUT2D eigenvalue weighted by molar-refractivity contribution is 5.92. The lowest BCUT2D eigenvalue weighted by Crippen LogP contribution is -2.31. The fourth-order valence-electron chi connectivity index (χ4n) is 9.34. The Balaban J connectivity index is 0.904. The minimum atomic E-state index is -0.807. The summed E-state index contributed by atoms with van der Waals surface area (Å²) < 4.78 is 50.9. The van der Waals surface area contributed by atoms with E-state index >= 15 is 0 Å². The average Bonchev–Trinajstić information content (AvgIpc) is 3.64. The molecule has 2 saturated carbocycles. The highest BCUT2D eigenvalue weighted by atomic mass is 16.6. The Morgan fingerprint density at radius 3 is 1.14 bits per heavy atom. The van der Waals surface area contributed by atoms with Gasteiger partial charge >= 0.3 is 41.8 Å². The monoisotopic (exact) mass is 1130 g/mol. The molecule has 0 atom stereocenters. The summed E-state index contributed by atoms with van der Waals surface area (Å²) in [5.41, 5.74) is 1.65. The van der Waals surface area contributed by atoms with Gasteiger partial charge < -0.3 is 42.6 Å². The topological polar surface area (TPSA) is 203 Å². The lowest BCUT2D eigenvalue weighted by molar-refractivity contribution is -0.145. The molecule has 0 radical (unpaired) electrons. The van der Waals surface area contributed by atoms with Crippen molar-refractivity contribution in [2.45, 2.75) is 103 Å². The molecular weight excluding hydrogens is 1060 g/mol. The average molecular weight is 1130 g/mol. The Morgan fingerprint density at radius 2 is 0.747 bits per heavy atom. The summed E-state index contributed by atoms with van der Waals surface area (Å²) in [5.74, 6) is 1.85. The number of hydrogen-bond acceptors (Lipinski definition) is 16. The third kappa shape index (κ3) is 20.5. The van der Waals surface area contributed by atoms with Gasteiger partial charge in [-0.1, -0.05) is 49.3 Å². The van der Waals surface area contributed by atoms with Crippen LogP contribution in [-0.2, 0) is 38.2 Å². The van der Waals surface area contributed by atoms with Crippen molar-refractivity contribution in [1.29, 1.82) is 0 Å². The number of carbonyl (C=O) groups is 7. The normalized spacial score (nSPS) is 16.2. The molecule has 2 fully saturated rings. The largest absolute Gasteiger partial charge is 0.494 e. The van der Waals surface area contributed by atoms with E-state index in [1.807, 2.05) is 30.3 Å². The van der Waals surface area contributed by atoms with Crippen molar-refractivity contribution in [1.82, 2.24) is 0 Å². The molecule has 83 heavy (non-hydrogen) atoms. The highest BCUT2D eigenvalue weighted by Crippen LogP contribution is 2.41. The zero-order valence-corrected chi connectivity index (χ0v) is 46.6. The first kappa shape index (κ1) is 61.6. The van der Waals surface area contributed by atoms with Gasteiger partial charge in [-0.05, 0) is 200 Å². The van der Waals surface area contributed by atoms with E-state index in [0.717, 1.165) is 69.1 Å². The fourth-order valence-corrected chi connectivity index (χ4v) is 9.34. The van der Waals surface area contributed by atoms with Gasteiger partial charge in [-0.3, -0.25) is 19.2 Å². The van der Waals surface area contributed by atoms with Crippen molar-refractivity contribution in [3.05, 3.63) is 163 Å². The Kier molecular flexibility index (Phi) is 24.6. The van der Waals surface area contributed by atoms with Gasteiger partial charge in [0.05, 0.1) is 55.7 Å². The number of esters is 7. The molecule has 0 heterocycles. The molecule has 434 valence electrons. The maximum Gasteiger partial charge on any atom is 0.343 e. The third-order valence-corrected chi connectivity index (χ3v) is 14.1.